The van der Waals surface area contributed by atoms with Gasteiger partial charge in [0.2, 0.25) is 0 Å². The average Bonchev–Trinajstić information content (AvgIpc) is 3.31. The van der Waals surface area contributed by atoms with Crippen molar-refractivity contribution in [2.24, 2.45) is 0 Å². The smallest absolute Gasteiger partial charge is 0.408 e. The number of carbonyl (C=O) groups excluding carboxylic acids is 2. The van der Waals surface area contributed by atoms with E-state index in [0.717, 1.165) is 42.4 Å². The lowest BCUT2D eigenvalue weighted by molar-refractivity contribution is -0.136. The summed E-state index contributed by atoms with van der Waals surface area (Å²) in [6.07, 6.45) is 3.58. The second kappa shape index (κ2) is 10.5. The fourth-order valence-electron chi connectivity index (χ4n) is 4.33. The Labute approximate surface area is 198 Å². The molecule has 0 bridgehead atoms. The number of nitrogens with one attached hydrogen (secondary N) is 1. The van der Waals surface area contributed by atoms with Crippen molar-refractivity contribution in [3.8, 4) is 5.75 Å². The molecule has 1 aliphatic carbocycles. The standard InChI is InChI=1S/C27H29NO6/c1-3-4-13-21(28-27(31)32-16-18-9-6-5-7-10-18)26(30)34-23-15-17(2)14-22-24(23)19-11-8-12-20(19)25(29)33-22/h5-7,9-10,14-15,21H,3-4,8,11-13,16H2,1-2H3,(H,28,31)/t21-/m1/s1. The lowest BCUT2D eigenvalue weighted by Gasteiger charge is -2.18. The second-order valence-electron chi connectivity index (χ2n) is 8.66. The number of benzene rings is 2. The molecule has 4 rings (SSSR count). The quantitative estimate of drug-likeness (QED) is 0.288. The Morgan fingerprint density at radius 2 is 1.88 bits per heavy atom. The lowest BCUT2D eigenvalue weighted by Crippen LogP contribution is -2.43. The van der Waals surface area contributed by atoms with Crippen LogP contribution in [-0.4, -0.2) is 18.1 Å². The number of hydrogen-bond donors (Lipinski definition) is 1. The Hall–Kier alpha value is -3.61. The molecule has 34 heavy (non-hydrogen) atoms. The molecule has 0 saturated carbocycles. The van der Waals surface area contributed by atoms with Gasteiger partial charge < -0.3 is 19.2 Å². The second-order valence-corrected chi connectivity index (χ2v) is 8.66. The van der Waals surface area contributed by atoms with Crippen LogP contribution in [-0.2, 0) is 29.0 Å². The normalized spacial score (nSPS) is 13.4. The third kappa shape index (κ3) is 5.30. The first-order valence-electron chi connectivity index (χ1n) is 11.7. The first kappa shape index (κ1) is 23.5. The van der Waals surface area contributed by atoms with Gasteiger partial charge in [0.1, 0.15) is 24.0 Å². The van der Waals surface area contributed by atoms with Crippen molar-refractivity contribution < 1.29 is 23.5 Å². The first-order chi connectivity index (χ1) is 16.5. The molecule has 1 N–H and O–H groups in total. The van der Waals surface area contributed by atoms with Crippen molar-refractivity contribution >= 4 is 23.0 Å². The molecule has 7 nitrogen and oxygen atoms in total. The van der Waals surface area contributed by atoms with E-state index in [-0.39, 0.29) is 12.2 Å². The van der Waals surface area contributed by atoms with Crippen LogP contribution in [0.2, 0.25) is 0 Å². The van der Waals surface area contributed by atoms with Gasteiger partial charge in [0.05, 0.1) is 5.39 Å². The third-order valence-electron chi connectivity index (χ3n) is 6.03. The SMILES string of the molecule is CCCC[C@@H](NC(=O)OCc1ccccc1)C(=O)Oc1cc(C)cc2oc(=O)c3c(c12)CCC3. The van der Waals surface area contributed by atoms with Crippen molar-refractivity contribution in [1.29, 1.82) is 0 Å². The summed E-state index contributed by atoms with van der Waals surface area (Å²) < 4.78 is 16.7. The molecule has 7 heteroatoms. The first-order valence-corrected chi connectivity index (χ1v) is 11.7. The Balaban J connectivity index is 1.54. The molecule has 0 saturated heterocycles. The van der Waals surface area contributed by atoms with Crippen LogP contribution >= 0.6 is 0 Å². The van der Waals surface area contributed by atoms with E-state index in [1.54, 1.807) is 12.1 Å². The Bertz CT molecular complexity index is 1250. The highest BCUT2D eigenvalue weighted by Crippen LogP contribution is 2.35. The summed E-state index contributed by atoms with van der Waals surface area (Å²) in [5.74, 6) is -0.224. The van der Waals surface area contributed by atoms with E-state index in [1.807, 2.05) is 44.2 Å². The third-order valence-corrected chi connectivity index (χ3v) is 6.03. The number of unbranched alkanes of at least 4 members (excludes halogenated alkanes) is 1. The van der Waals surface area contributed by atoms with Crippen molar-refractivity contribution in [2.45, 2.75) is 65.0 Å². The summed E-state index contributed by atoms with van der Waals surface area (Å²) in [6, 6.07) is 12.0. The van der Waals surface area contributed by atoms with E-state index in [4.69, 9.17) is 13.9 Å². The van der Waals surface area contributed by atoms with Gasteiger partial charge >= 0.3 is 17.7 Å². The largest absolute Gasteiger partial charge is 0.445 e. The zero-order valence-electron chi connectivity index (χ0n) is 19.5. The molecule has 2 aromatic carbocycles. The zero-order valence-corrected chi connectivity index (χ0v) is 19.5. The zero-order chi connectivity index (χ0) is 24.1. The fraction of sp³-hybridized carbons (Fsp3) is 0.370. The van der Waals surface area contributed by atoms with Crippen molar-refractivity contribution in [1.82, 2.24) is 5.32 Å². The maximum absolute atomic E-state index is 13.2. The number of esters is 1. The van der Waals surface area contributed by atoms with Gasteiger partial charge in [0.25, 0.3) is 0 Å². The number of carbonyl (C=O) groups is 2. The molecule has 1 aromatic heterocycles. The summed E-state index contributed by atoms with van der Waals surface area (Å²) in [4.78, 5) is 37.9. The van der Waals surface area contributed by atoms with Crippen LogP contribution in [0.5, 0.6) is 5.75 Å². The molecule has 1 amide bonds. The topological polar surface area (TPSA) is 94.8 Å². The van der Waals surface area contributed by atoms with E-state index < -0.39 is 18.1 Å². The molecular weight excluding hydrogens is 434 g/mol. The van der Waals surface area contributed by atoms with Gasteiger partial charge in [-0.2, -0.15) is 0 Å². The number of fused-ring (bicyclic) bond motifs is 3. The molecule has 178 valence electrons. The van der Waals surface area contributed by atoms with E-state index >= 15 is 0 Å². The number of amides is 1. The van der Waals surface area contributed by atoms with Crippen molar-refractivity contribution in [2.75, 3.05) is 0 Å². The number of alkyl carbamates (subject to hydrolysis) is 1. The molecule has 0 spiro atoms. The van der Waals surface area contributed by atoms with E-state index in [1.165, 1.54) is 0 Å². The van der Waals surface area contributed by atoms with E-state index in [0.29, 0.717) is 35.1 Å². The molecule has 1 atom stereocenters. The van der Waals surface area contributed by atoms with Crippen molar-refractivity contribution in [3.05, 3.63) is 75.1 Å². The summed E-state index contributed by atoms with van der Waals surface area (Å²) in [6.45, 7) is 3.96. The predicted molar refractivity (Wildman–Crippen MR) is 128 cm³/mol. The molecule has 3 aromatic rings. The minimum absolute atomic E-state index is 0.107. The van der Waals surface area contributed by atoms with Crippen LogP contribution in [0.3, 0.4) is 0 Å². The van der Waals surface area contributed by atoms with Gasteiger partial charge in [0.15, 0.2) is 0 Å². The van der Waals surface area contributed by atoms with Crippen LogP contribution in [0.15, 0.2) is 51.7 Å². The van der Waals surface area contributed by atoms with Gasteiger partial charge in [-0.25, -0.2) is 14.4 Å². The average molecular weight is 464 g/mol. The van der Waals surface area contributed by atoms with Gasteiger partial charge in [-0.15, -0.1) is 0 Å². The minimum Gasteiger partial charge on any atom is -0.445 e. The predicted octanol–water partition coefficient (Wildman–Crippen LogP) is 4.98. The molecule has 1 heterocycles. The number of aryl methyl sites for hydroxylation is 2. The summed E-state index contributed by atoms with van der Waals surface area (Å²) in [7, 11) is 0. The Morgan fingerprint density at radius 3 is 2.65 bits per heavy atom. The van der Waals surface area contributed by atoms with Gasteiger partial charge in [-0.1, -0.05) is 50.1 Å². The van der Waals surface area contributed by atoms with Gasteiger partial charge in [0, 0.05) is 5.56 Å². The molecule has 1 aliphatic rings. The van der Waals surface area contributed by atoms with Gasteiger partial charge in [-0.05, 0) is 61.4 Å². The van der Waals surface area contributed by atoms with Crippen LogP contribution < -0.4 is 15.7 Å². The summed E-state index contributed by atoms with van der Waals surface area (Å²) in [5, 5.41) is 3.32. The van der Waals surface area contributed by atoms with Crippen molar-refractivity contribution in [3.63, 3.8) is 0 Å². The molecule has 0 aliphatic heterocycles. The Morgan fingerprint density at radius 1 is 1.12 bits per heavy atom. The van der Waals surface area contributed by atoms with Crippen LogP contribution in [0.4, 0.5) is 4.79 Å². The minimum atomic E-state index is -0.859. The highest BCUT2D eigenvalue weighted by molar-refractivity contribution is 5.92. The lowest BCUT2D eigenvalue weighted by atomic mass is 10.0. The van der Waals surface area contributed by atoms with Crippen LogP contribution in [0, 0.1) is 6.92 Å². The summed E-state index contributed by atoms with van der Waals surface area (Å²) in [5.41, 5.74) is 3.28. The van der Waals surface area contributed by atoms with Gasteiger partial charge in [-0.3, -0.25) is 0 Å². The Kier molecular flexibility index (Phi) is 7.30. The van der Waals surface area contributed by atoms with E-state index in [9.17, 15) is 14.4 Å². The highest BCUT2D eigenvalue weighted by Gasteiger charge is 2.27. The molecular formula is C27H29NO6. The van der Waals surface area contributed by atoms with Crippen LogP contribution in [0.1, 0.15) is 54.9 Å². The molecule has 0 unspecified atom stereocenters. The number of rotatable bonds is 8. The fourth-order valence-corrected chi connectivity index (χ4v) is 4.33. The molecule has 0 fully saturated rings. The number of hydrogen-bond acceptors (Lipinski definition) is 6. The highest BCUT2D eigenvalue weighted by atomic mass is 16.6. The monoisotopic (exact) mass is 463 g/mol. The van der Waals surface area contributed by atoms with E-state index in [2.05, 4.69) is 5.32 Å². The summed E-state index contributed by atoms with van der Waals surface area (Å²) >= 11 is 0. The van der Waals surface area contributed by atoms with Crippen LogP contribution in [0.25, 0.3) is 11.0 Å². The number of ether oxygens (including phenoxy) is 2. The maximum Gasteiger partial charge on any atom is 0.408 e. The molecule has 0 radical (unpaired) electrons. The maximum atomic E-state index is 13.2.